The van der Waals surface area contributed by atoms with Gasteiger partial charge in [0.25, 0.3) is 0 Å². The van der Waals surface area contributed by atoms with Crippen LogP contribution >= 0.6 is 0 Å². The minimum atomic E-state index is -0.288. The Kier molecular flexibility index (Phi) is 5.24. The second kappa shape index (κ2) is 6.72. The Hall–Kier alpha value is -0.590. The van der Waals surface area contributed by atoms with Crippen molar-refractivity contribution in [3.63, 3.8) is 0 Å². The average molecular weight is 263 g/mol. The molecule has 0 aliphatic heterocycles. The summed E-state index contributed by atoms with van der Waals surface area (Å²) in [7, 11) is 0. The molecule has 3 nitrogen and oxygen atoms in total. The largest absolute Gasteiger partial charge is 0.300 e. The highest BCUT2D eigenvalue weighted by Crippen LogP contribution is 2.35. The van der Waals surface area contributed by atoms with Gasteiger partial charge in [0.1, 0.15) is 5.54 Å². The van der Waals surface area contributed by atoms with Crippen LogP contribution in [0.25, 0.3) is 0 Å². The third kappa shape index (κ3) is 4.47. The SMILES string of the molecule is CCNC(C#N)(CC)CCCN(CC1CC1)C1CC1. The fourth-order valence-corrected chi connectivity index (χ4v) is 2.98. The summed E-state index contributed by atoms with van der Waals surface area (Å²) < 4.78 is 0. The smallest absolute Gasteiger partial charge is 0.106 e. The molecule has 3 heteroatoms. The van der Waals surface area contributed by atoms with Crippen LogP contribution in [0.5, 0.6) is 0 Å². The lowest BCUT2D eigenvalue weighted by atomic mass is 9.92. The van der Waals surface area contributed by atoms with Gasteiger partial charge in [0.2, 0.25) is 0 Å². The van der Waals surface area contributed by atoms with Gasteiger partial charge in [0.05, 0.1) is 6.07 Å². The molecule has 0 spiro atoms. The summed E-state index contributed by atoms with van der Waals surface area (Å²) in [6.07, 6.45) is 8.73. The Labute approximate surface area is 118 Å². The van der Waals surface area contributed by atoms with Gasteiger partial charge in [-0.2, -0.15) is 5.26 Å². The first-order valence-corrected chi connectivity index (χ1v) is 8.13. The lowest BCUT2D eigenvalue weighted by molar-refractivity contribution is 0.235. The van der Waals surface area contributed by atoms with E-state index in [0.29, 0.717) is 0 Å². The fourth-order valence-electron chi connectivity index (χ4n) is 2.98. The van der Waals surface area contributed by atoms with Gasteiger partial charge in [-0.15, -0.1) is 0 Å². The number of hydrogen-bond acceptors (Lipinski definition) is 3. The van der Waals surface area contributed by atoms with E-state index < -0.39 is 0 Å². The Morgan fingerprint density at radius 2 is 2.00 bits per heavy atom. The van der Waals surface area contributed by atoms with Gasteiger partial charge in [-0.1, -0.05) is 13.8 Å². The van der Waals surface area contributed by atoms with E-state index in [2.05, 4.69) is 30.1 Å². The average Bonchev–Trinajstić information content (AvgIpc) is 3.29. The number of nitrogens with one attached hydrogen (secondary N) is 1. The molecule has 2 rings (SSSR count). The molecule has 19 heavy (non-hydrogen) atoms. The van der Waals surface area contributed by atoms with Crippen LogP contribution in [-0.2, 0) is 0 Å². The van der Waals surface area contributed by atoms with Crippen molar-refractivity contribution in [1.82, 2.24) is 10.2 Å². The normalized spacial score (nSPS) is 22.2. The summed E-state index contributed by atoms with van der Waals surface area (Å²) in [6.45, 7) is 7.60. The molecule has 0 radical (unpaired) electrons. The third-order valence-corrected chi connectivity index (χ3v) is 4.63. The fraction of sp³-hybridized carbons (Fsp3) is 0.938. The summed E-state index contributed by atoms with van der Waals surface area (Å²) in [4.78, 5) is 2.70. The minimum absolute atomic E-state index is 0.288. The zero-order chi connectivity index (χ0) is 13.7. The first kappa shape index (κ1) is 14.8. The quantitative estimate of drug-likeness (QED) is 0.658. The molecule has 2 saturated carbocycles. The topological polar surface area (TPSA) is 39.1 Å². The Bertz CT molecular complexity index is 314. The van der Waals surface area contributed by atoms with Crippen molar-refractivity contribution in [2.75, 3.05) is 19.6 Å². The Balaban J connectivity index is 1.74. The predicted molar refractivity (Wildman–Crippen MR) is 78.9 cm³/mol. The van der Waals surface area contributed by atoms with Crippen molar-refractivity contribution in [1.29, 1.82) is 5.26 Å². The molecule has 1 unspecified atom stereocenters. The van der Waals surface area contributed by atoms with Crippen molar-refractivity contribution in [3.05, 3.63) is 0 Å². The molecule has 0 amide bonds. The maximum absolute atomic E-state index is 9.42. The van der Waals surface area contributed by atoms with E-state index in [1.54, 1.807) is 0 Å². The number of hydrogen-bond donors (Lipinski definition) is 1. The first-order chi connectivity index (χ1) is 9.23. The van der Waals surface area contributed by atoms with Crippen molar-refractivity contribution >= 4 is 0 Å². The molecule has 1 N–H and O–H groups in total. The lowest BCUT2D eigenvalue weighted by Gasteiger charge is -2.28. The molecule has 108 valence electrons. The number of nitrogens with zero attached hydrogens (tertiary/aromatic N) is 2. The maximum atomic E-state index is 9.42. The highest BCUT2D eigenvalue weighted by atomic mass is 15.2. The van der Waals surface area contributed by atoms with Crippen LogP contribution in [0.2, 0.25) is 0 Å². The van der Waals surface area contributed by atoms with E-state index in [1.807, 2.05) is 0 Å². The van der Waals surface area contributed by atoms with E-state index in [9.17, 15) is 5.26 Å². The van der Waals surface area contributed by atoms with Crippen molar-refractivity contribution < 1.29 is 0 Å². The summed E-state index contributed by atoms with van der Waals surface area (Å²) in [5.41, 5.74) is -0.288. The zero-order valence-electron chi connectivity index (χ0n) is 12.6. The Morgan fingerprint density at radius 1 is 1.26 bits per heavy atom. The van der Waals surface area contributed by atoms with Crippen molar-refractivity contribution in [2.24, 2.45) is 5.92 Å². The molecular formula is C16H29N3. The molecule has 2 aliphatic carbocycles. The summed E-state index contributed by atoms with van der Waals surface area (Å²) in [5.74, 6) is 0.987. The van der Waals surface area contributed by atoms with Gasteiger partial charge >= 0.3 is 0 Å². The summed E-state index contributed by atoms with van der Waals surface area (Å²) in [5, 5.41) is 12.8. The number of nitriles is 1. The second-order valence-corrected chi connectivity index (χ2v) is 6.35. The monoisotopic (exact) mass is 263 g/mol. The van der Waals surface area contributed by atoms with E-state index in [1.165, 1.54) is 38.8 Å². The highest BCUT2D eigenvalue weighted by molar-refractivity contribution is 5.06. The molecule has 0 aromatic heterocycles. The van der Waals surface area contributed by atoms with Crippen LogP contribution in [0, 0.1) is 17.2 Å². The van der Waals surface area contributed by atoms with E-state index >= 15 is 0 Å². The molecule has 0 aromatic carbocycles. The van der Waals surface area contributed by atoms with Crippen LogP contribution in [-0.4, -0.2) is 36.1 Å². The van der Waals surface area contributed by atoms with Crippen LogP contribution < -0.4 is 5.32 Å². The van der Waals surface area contributed by atoms with E-state index in [4.69, 9.17) is 0 Å². The summed E-state index contributed by atoms with van der Waals surface area (Å²) in [6, 6.07) is 3.38. The molecule has 2 fully saturated rings. The standard InChI is InChI=1S/C16H29N3/c1-3-16(13-17,18-4-2)10-5-11-19(15-8-9-15)12-14-6-7-14/h14-15,18H,3-12H2,1-2H3. The predicted octanol–water partition coefficient (Wildman–Crippen LogP) is 2.92. The third-order valence-electron chi connectivity index (χ3n) is 4.63. The maximum Gasteiger partial charge on any atom is 0.106 e. The molecule has 2 aliphatic rings. The lowest BCUT2D eigenvalue weighted by Crippen LogP contribution is -2.44. The summed E-state index contributed by atoms with van der Waals surface area (Å²) >= 11 is 0. The molecule has 1 atom stereocenters. The highest BCUT2D eigenvalue weighted by Gasteiger charge is 2.34. The zero-order valence-corrected chi connectivity index (χ0v) is 12.6. The van der Waals surface area contributed by atoms with Gasteiger partial charge in [0.15, 0.2) is 0 Å². The second-order valence-electron chi connectivity index (χ2n) is 6.35. The first-order valence-electron chi connectivity index (χ1n) is 8.13. The van der Waals surface area contributed by atoms with Gasteiger partial charge in [-0.05, 0) is 64.0 Å². The molecular weight excluding hydrogens is 234 g/mol. The van der Waals surface area contributed by atoms with Crippen LogP contribution in [0.1, 0.15) is 58.8 Å². The van der Waals surface area contributed by atoms with Crippen LogP contribution in [0.15, 0.2) is 0 Å². The van der Waals surface area contributed by atoms with Gasteiger partial charge in [-0.25, -0.2) is 0 Å². The molecule has 0 heterocycles. The van der Waals surface area contributed by atoms with Crippen molar-refractivity contribution in [3.8, 4) is 6.07 Å². The molecule has 0 aromatic rings. The number of rotatable bonds is 10. The minimum Gasteiger partial charge on any atom is -0.300 e. The molecule has 0 bridgehead atoms. The van der Waals surface area contributed by atoms with E-state index in [-0.39, 0.29) is 5.54 Å². The van der Waals surface area contributed by atoms with Gasteiger partial charge in [0, 0.05) is 12.6 Å². The van der Waals surface area contributed by atoms with Crippen LogP contribution in [0.3, 0.4) is 0 Å². The van der Waals surface area contributed by atoms with Crippen molar-refractivity contribution in [2.45, 2.75) is 70.4 Å². The molecule has 0 saturated heterocycles. The van der Waals surface area contributed by atoms with Crippen LogP contribution in [0.4, 0.5) is 0 Å². The Morgan fingerprint density at radius 3 is 2.47 bits per heavy atom. The van der Waals surface area contributed by atoms with E-state index in [0.717, 1.165) is 37.8 Å². The van der Waals surface area contributed by atoms with Gasteiger partial charge in [-0.3, -0.25) is 5.32 Å². The van der Waals surface area contributed by atoms with Gasteiger partial charge < -0.3 is 4.90 Å².